The van der Waals surface area contributed by atoms with Crippen molar-refractivity contribution in [2.24, 2.45) is 0 Å². The summed E-state index contributed by atoms with van der Waals surface area (Å²) in [5, 5.41) is 0. The van der Waals surface area contributed by atoms with Gasteiger partial charge in [0.25, 0.3) is 0 Å². The average molecular weight is 292 g/mol. The predicted octanol–water partition coefficient (Wildman–Crippen LogP) is 5.56. The van der Waals surface area contributed by atoms with E-state index in [9.17, 15) is 0 Å². The number of rotatable bonds is 0. The minimum atomic E-state index is 0.853. The van der Waals surface area contributed by atoms with Gasteiger partial charge in [-0.2, -0.15) is 0 Å². The fourth-order valence-corrected chi connectivity index (χ4v) is 2.31. The zero-order valence-electron chi connectivity index (χ0n) is 14.8. The van der Waals surface area contributed by atoms with Crippen molar-refractivity contribution in [2.45, 2.75) is 67.2 Å². The molecule has 3 aliphatic rings. The lowest BCUT2D eigenvalue weighted by atomic mass is 10.2. The largest absolute Gasteiger partial charge is 0.498 e. The lowest BCUT2D eigenvalue weighted by molar-refractivity contribution is 0.204. The standard InChI is InChI=1S/C7H12.2C6H10O/c1-6-4-3-5-7(6)2;1-5-3-7-4-6(5)2;1-5-3-4-7-6(5)2/h3-5H2,1-2H3;2*3-4H2,1-2H3. The van der Waals surface area contributed by atoms with E-state index in [0.29, 0.717) is 0 Å². The molecule has 0 bridgehead atoms. The molecule has 2 nitrogen and oxygen atoms in total. The number of hydrogen-bond donors (Lipinski definition) is 0. The van der Waals surface area contributed by atoms with Crippen LogP contribution in [0.4, 0.5) is 0 Å². The Labute approximate surface area is 130 Å². The van der Waals surface area contributed by atoms with Gasteiger partial charge in [-0.05, 0) is 77.5 Å². The van der Waals surface area contributed by atoms with Crippen LogP contribution in [0.25, 0.3) is 0 Å². The maximum Gasteiger partial charge on any atom is 0.0919 e. The molecule has 0 N–H and O–H groups in total. The van der Waals surface area contributed by atoms with Gasteiger partial charge in [-0.1, -0.05) is 11.1 Å². The van der Waals surface area contributed by atoms with E-state index in [2.05, 4.69) is 34.6 Å². The summed E-state index contributed by atoms with van der Waals surface area (Å²) in [5.41, 5.74) is 7.46. The molecule has 1 aliphatic carbocycles. The van der Waals surface area contributed by atoms with Crippen LogP contribution < -0.4 is 0 Å². The van der Waals surface area contributed by atoms with Crippen LogP contribution in [0.2, 0.25) is 0 Å². The van der Waals surface area contributed by atoms with E-state index < -0.39 is 0 Å². The Hall–Kier alpha value is -1.02. The van der Waals surface area contributed by atoms with Crippen molar-refractivity contribution in [3.63, 3.8) is 0 Å². The molecule has 0 spiro atoms. The first-order valence-electron chi connectivity index (χ1n) is 8.09. The highest BCUT2D eigenvalue weighted by Gasteiger charge is 2.05. The molecule has 2 aliphatic heterocycles. The van der Waals surface area contributed by atoms with Gasteiger partial charge in [0.1, 0.15) is 0 Å². The highest BCUT2D eigenvalue weighted by atomic mass is 16.5. The first kappa shape index (κ1) is 18.0. The summed E-state index contributed by atoms with van der Waals surface area (Å²) < 4.78 is 10.2. The van der Waals surface area contributed by atoms with E-state index in [1.807, 2.05) is 6.92 Å². The van der Waals surface area contributed by atoms with Crippen LogP contribution in [0.3, 0.4) is 0 Å². The van der Waals surface area contributed by atoms with E-state index in [1.54, 1.807) is 11.1 Å². The molecule has 2 heteroatoms. The zero-order valence-corrected chi connectivity index (χ0v) is 14.8. The highest BCUT2D eigenvalue weighted by molar-refractivity contribution is 5.14. The molecule has 0 unspecified atom stereocenters. The Morgan fingerprint density at radius 1 is 0.619 bits per heavy atom. The Bertz CT molecular complexity index is 336. The summed E-state index contributed by atoms with van der Waals surface area (Å²) in [6.07, 6.45) is 5.24. The van der Waals surface area contributed by atoms with Crippen molar-refractivity contribution in [3.05, 3.63) is 33.6 Å². The quantitative estimate of drug-likeness (QED) is 0.544. The molecule has 120 valence electrons. The Morgan fingerprint density at radius 2 is 1.14 bits per heavy atom. The Balaban J connectivity index is 0.000000157. The van der Waals surface area contributed by atoms with Gasteiger partial charge >= 0.3 is 0 Å². The van der Waals surface area contributed by atoms with E-state index in [1.165, 1.54) is 36.0 Å². The third-order valence-electron chi connectivity index (χ3n) is 4.59. The average Bonchev–Trinajstić information content (AvgIpc) is 3.11. The summed E-state index contributed by atoms with van der Waals surface area (Å²) in [7, 11) is 0. The predicted molar refractivity (Wildman–Crippen MR) is 90.4 cm³/mol. The van der Waals surface area contributed by atoms with Gasteiger partial charge in [0.15, 0.2) is 0 Å². The fourth-order valence-electron chi connectivity index (χ4n) is 2.31. The van der Waals surface area contributed by atoms with Crippen molar-refractivity contribution in [3.8, 4) is 0 Å². The molecule has 2 heterocycles. The Morgan fingerprint density at radius 3 is 1.29 bits per heavy atom. The lowest BCUT2D eigenvalue weighted by Gasteiger charge is -1.91. The minimum absolute atomic E-state index is 0.853. The van der Waals surface area contributed by atoms with E-state index in [0.717, 1.165) is 32.0 Å². The van der Waals surface area contributed by atoms with Gasteiger partial charge < -0.3 is 9.47 Å². The first-order chi connectivity index (χ1) is 9.91. The third-order valence-corrected chi connectivity index (χ3v) is 4.59. The normalized spacial score (nSPS) is 21.0. The summed E-state index contributed by atoms with van der Waals surface area (Å²) in [4.78, 5) is 0. The van der Waals surface area contributed by atoms with Crippen molar-refractivity contribution in [1.29, 1.82) is 0 Å². The highest BCUT2D eigenvalue weighted by Crippen LogP contribution is 2.23. The lowest BCUT2D eigenvalue weighted by Crippen LogP contribution is -1.81. The van der Waals surface area contributed by atoms with E-state index in [4.69, 9.17) is 9.47 Å². The number of hydrogen-bond acceptors (Lipinski definition) is 2. The SMILES string of the molecule is CC1=C(C)CCC1.CC1=C(C)COC1.CC1=C(C)OCC1. The van der Waals surface area contributed by atoms with Crippen LogP contribution >= 0.6 is 0 Å². The van der Waals surface area contributed by atoms with Crippen LogP contribution in [0, 0.1) is 0 Å². The second-order valence-corrected chi connectivity index (χ2v) is 6.40. The van der Waals surface area contributed by atoms with E-state index in [-0.39, 0.29) is 0 Å². The second-order valence-electron chi connectivity index (χ2n) is 6.40. The fraction of sp³-hybridized carbons (Fsp3) is 0.684. The molecule has 0 fully saturated rings. The van der Waals surface area contributed by atoms with Gasteiger partial charge in [-0.25, -0.2) is 0 Å². The van der Waals surface area contributed by atoms with Gasteiger partial charge in [0, 0.05) is 6.42 Å². The Kier molecular flexibility index (Phi) is 7.81. The zero-order chi connectivity index (χ0) is 15.8. The molecule has 0 aromatic heterocycles. The van der Waals surface area contributed by atoms with Crippen LogP contribution in [-0.2, 0) is 9.47 Å². The maximum absolute atomic E-state index is 5.14. The molecular weight excluding hydrogens is 260 g/mol. The smallest absolute Gasteiger partial charge is 0.0919 e. The van der Waals surface area contributed by atoms with Crippen molar-refractivity contribution < 1.29 is 9.47 Å². The topological polar surface area (TPSA) is 18.5 Å². The summed E-state index contributed by atoms with van der Waals surface area (Å²) in [6.45, 7) is 15.4. The molecule has 0 amide bonds. The molecule has 0 aromatic carbocycles. The molecule has 0 saturated heterocycles. The molecule has 0 aromatic rings. The van der Waals surface area contributed by atoms with Crippen LogP contribution in [0.15, 0.2) is 33.6 Å². The van der Waals surface area contributed by atoms with Gasteiger partial charge in [-0.15, -0.1) is 0 Å². The molecular formula is C19H32O2. The molecule has 0 saturated carbocycles. The van der Waals surface area contributed by atoms with Gasteiger partial charge in [0.2, 0.25) is 0 Å². The molecule has 0 radical (unpaired) electrons. The number of ether oxygens (including phenoxy) is 2. The molecule has 3 rings (SSSR count). The second kappa shape index (κ2) is 9.09. The van der Waals surface area contributed by atoms with Crippen LogP contribution in [-0.4, -0.2) is 19.8 Å². The van der Waals surface area contributed by atoms with Crippen molar-refractivity contribution in [2.75, 3.05) is 19.8 Å². The van der Waals surface area contributed by atoms with Crippen molar-refractivity contribution >= 4 is 0 Å². The van der Waals surface area contributed by atoms with Gasteiger partial charge in [0.05, 0.1) is 25.6 Å². The summed E-state index contributed by atoms with van der Waals surface area (Å²) in [5.74, 6) is 1.12. The third kappa shape index (κ3) is 6.52. The molecule has 0 atom stereocenters. The van der Waals surface area contributed by atoms with Crippen LogP contribution in [0.1, 0.15) is 67.2 Å². The number of allylic oxidation sites excluding steroid dienone is 3. The van der Waals surface area contributed by atoms with Gasteiger partial charge in [-0.3, -0.25) is 0 Å². The maximum atomic E-state index is 5.14. The summed E-state index contributed by atoms with van der Waals surface area (Å²) >= 11 is 0. The van der Waals surface area contributed by atoms with E-state index >= 15 is 0 Å². The first-order valence-corrected chi connectivity index (χ1v) is 8.09. The van der Waals surface area contributed by atoms with Crippen LogP contribution in [0.5, 0.6) is 0 Å². The monoisotopic (exact) mass is 292 g/mol. The summed E-state index contributed by atoms with van der Waals surface area (Å²) in [6, 6.07) is 0. The minimum Gasteiger partial charge on any atom is -0.498 e. The van der Waals surface area contributed by atoms with Crippen molar-refractivity contribution in [1.82, 2.24) is 0 Å². The molecule has 21 heavy (non-hydrogen) atoms.